The Morgan fingerprint density at radius 3 is 1.70 bits per heavy atom. The van der Waals surface area contributed by atoms with Gasteiger partial charge in [0.25, 0.3) is 5.91 Å². The van der Waals surface area contributed by atoms with Gasteiger partial charge in [-0.05, 0) is 89.4 Å². The second-order valence-corrected chi connectivity index (χ2v) is 16.4. The number of fused-ring (bicyclic) bond motifs is 3. The number of aryl methyl sites for hydroxylation is 2. The average Bonchev–Trinajstić information content (AvgIpc) is 3.62. The Morgan fingerprint density at radius 1 is 0.603 bits per heavy atom. The van der Waals surface area contributed by atoms with Gasteiger partial charge >= 0.3 is 6.09 Å². The summed E-state index contributed by atoms with van der Waals surface area (Å²) in [6.45, 7) is 7.96. The van der Waals surface area contributed by atoms with Crippen LogP contribution in [0.2, 0.25) is 0 Å². The molecule has 0 fully saturated rings. The Kier molecular flexibility index (Phi) is 14.1. The fraction of sp³-hybridized carbons (Fsp3) is 0.264. The maximum absolute atomic E-state index is 14.3. The van der Waals surface area contributed by atoms with Gasteiger partial charge in [0, 0.05) is 17.5 Å². The Balaban J connectivity index is 1.06. The fourth-order valence-corrected chi connectivity index (χ4v) is 8.11. The number of alkyl carbamates (subject to hydrolysis) is 1. The predicted molar refractivity (Wildman–Crippen MR) is 245 cm³/mol. The van der Waals surface area contributed by atoms with Gasteiger partial charge in [-0.25, -0.2) is 4.79 Å². The molecule has 63 heavy (non-hydrogen) atoms. The third-order valence-electron chi connectivity index (χ3n) is 11.4. The van der Waals surface area contributed by atoms with E-state index in [-0.39, 0.29) is 37.0 Å². The molecule has 0 bridgehead atoms. The van der Waals surface area contributed by atoms with Gasteiger partial charge in [-0.2, -0.15) is 0 Å². The van der Waals surface area contributed by atoms with Gasteiger partial charge in [-0.1, -0.05) is 134 Å². The number of nitrogens with one attached hydrogen (secondary N) is 3. The molecule has 0 spiro atoms. The number of hydrogen-bond donors (Lipinski definition) is 3. The van der Waals surface area contributed by atoms with Crippen molar-refractivity contribution in [3.05, 3.63) is 184 Å². The minimum Gasteiger partial charge on any atom is -0.497 e. The van der Waals surface area contributed by atoms with Gasteiger partial charge in [0.15, 0.2) is 6.61 Å². The zero-order valence-electron chi connectivity index (χ0n) is 36.6. The molecule has 6 aromatic carbocycles. The Labute approximate surface area is 370 Å². The third-order valence-corrected chi connectivity index (χ3v) is 11.4. The molecule has 6 aromatic rings. The van der Waals surface area contributed by atoms with E-state index >= 15 is 0 Å². The first kappa shape index (κ1) is 44.0. The first-order valence-corrected chi connectivity index (χ1v) is 21.3. The van der Waals surface area contributed by atoms with E-state index < -0.39 is 24.1 Å². The van der Waals surface area contributed by atoms with E-state index in [0.29, 0.717) is 34.8 Å². The van der Waals surface area contributed by atoms with Crippen molar-refractivity contribution in [3.63, 3.8) is 0 Å². The van der Waals surface area contributed by atoms with E-state index in [0.717, 1.165) is 44.5 Å². The van der Waals surface area contributed by atoms with Crippen LogP contribution < -0.4 is 30.2 Å². The summed E-state index contributed by atoms with van der Waals surface area (Å²) >= 11 is 0. The molecule has 3 amide bonds. The van der Waals surface area contributed by atoms with Gasteiger partial charge in [-0.3, -0.25) is 9.59 Å². The smallest absolute Gasteiger partial charge is 0.407 e. The predicted octanol–water partition coefficient (Wildman–Crippen LogP) is 9.76. The molecule has 10 nitrogen and oxygen atoms in total. The van der Waals surface area contributed by atoms with Gasteiger partial charge in [0.05, 0.1) is 26.3 Å². The lowest BCUT2D eigenvalue weighted by molar-refractivity contribution is -0.124. The van der Waals surface area contributed by atoms with Crippen molar-refractivity contribution >= 4 is 17.9 Å². The molecular weight excluding hydrogens is 791 g/mol. The lowest BCUT2D eigenvalue weighted by Crippen LogP contribution is -2.48. The SMILES string of the molecule is COc1ccc(C(NC(=O)[C@@H](CC(C)C)NC(=O)OCC2c3ccccc3-c3ccccc32)c2ccc(OCC(=O)NC(c3ccc(C)cc3)c3ccc(C)cc3)cc2)c(OC)c1. The number of hydrogen-bond acceptors (Lipinski definition) is 7. The molecule has 0 saturated heterocycles. The second kappa shape index (κ2) is 20.2. The maximum atomic E-state index is 14.3. The van der Waals surface area contributed by atoms with E-state index in [2.05, 4.69) is 40.2 Å². The molecule has 0 aliphatic heterocycles. The summed E-state index contributed by atoms with van der Waals surface area (Å²) in [7, 11) is 3.13. The highest BCUT2D eigenvalue weighted by Crippen LogP contribution is 2.44. The summed E-state index contributed by atoms with van der Waals surface area (Å²) in [4.78, 5) is 41.2. The van der Waals surface area contributed by atoms with Crippen LogP contribution in [0, 0.1) is 19.8 Å². The van der Waals surface area contributed by atoms with Crippen LogP contribution in [0.4, 0.5) is 4.79 Å². The highest BCUT2D eigenvalue weighted by Gasteiger charge is 2.31. The topological polar surface area (TPSA) is 124 Å². The zero-order valence-corrected chi connectivity index (χ0v) is 36.6. The number of amides is 3. The molecule has 1 aliphatic rings. The summed E-state index contributed by atoms with van der Waals surface area (Å²) in [5.41, 5.74) is 10.0. The molecule has 1 aliphatic carbocycles. The zero-order chi connectivity index (χ0) is 44.5. The second-order valence-electron chi connectivity index (χ2n) is 16.4. The molecule has 0 saturated carbocycles. The van der Waals surface area contributed by atoms with Crippen molar-refractivity contribution in [2.45, 2.75) is 58.2 Å². The van der Waals surface area contributed by atoms with Crippen LogP contribution in [-0.4, -0.2) is 51.4 Å². The molecule has 324 valence electrons. The van der Waals surface area contributed by atoms with Crippen LogP contribution in [-0.2, 0) is 14.3 Å². The third kappa shape index (κ3) is 10.7. The van der Waals surface area contributed by atoms with Crippen molar-refractivity contribution in [2.75, 3.05) is 27.4 Å². The van der Waals surface area contributed by atoms with Crippen molar-refractivity contribution in [2.24, 2.45) is 5.92 Å². The van der Waals surface area contributed by atoms with E-state index in [1.165, 1.54) is 0 Å². The molecule has 0 heterocycles. The van der Waals surface area contributed by atoms with Crippen LogP contribution in [0.3, 0.4) is 0 Å². The molecule has 7 rings (SSSR count). The quantitative estimate of drug-likeness (QED) is 0.0836. The lowest BCUT2D eigenvalue weighted by Gasteiger charge is -2.26. The fourth-order valence-electron chi connectivity index (χ4n) is 8.11. The first-order chi connectivity index (χ1) is 30.5. The van der Waals surface area contributed by atoms with Crippen molar-refractivity contribution < 1.29 is 33.3 Å². The van der Waals surface area contributed by atoms with Crippen LogP contribution in [0.5, 0.6) is 17.2 Å². The van der Waals surface area contributed by atoms with Crippen LogP contribution >= 0.6 is 0 Å². The van der Waals surface area contributed by atoms with Gasteiger partial charge in [0.1, 0.15) is 29.9 Å². The molecule has 0 radical (unpaired) electrons. The Hall–Kier alpha value is -7.07. The average molecular weight is 846 g/mol. The standard InChI is InChI=1S/C53H55N3O7/c1-33(2)29-47(54-53(59)63-31-46-43-13-9-7-11-41(43)42-12-8-10-14-44(42)46)52(58)56-51(45-28-27-40(60-5)30-48(45)61-6)38-23-25-39(26-24-38)62-32-49(57)55-50(36-19-15-34(3)16-20-36)37-21-17-35(4)18-22-37/h7-28,30,33,46-47,50-51H,29,31-32H2,1-6H3,(H,54,59)(H,55,57)(H,56,58)/t47-,51?/m1/s1. The van der Waals surface area contributed by atoms with Gasteiger partial charge < -0.3 is 34.9 Å². The highest BCUT2D eigenvalue weighted by molar-refractivity contribution is 5.86. The van der Waals surface area contributed by atoms with E-state index in [9.17, 15) is 14.4 Å². The largest absolute Gasteiger partial charge is 0.497 e. The molecule has 1 unspecified atom stereocenters. The summed E-state index contributed by atoms with van der Waals surface area (Å²) in [6.07, 6.45) is -0.308. The van der Waals surface area contributed by atoms with Crippen molar-refractivity contribution in [1.82, 2.24) is 16.0 Å². The number of rotatable bonds is 17. The van der Waals surface area contributed by atoms with E-state index in [4.69, 9.17) is 18.9 Å². The Morgan fingerprint density at radius 2 is 1.14 bits per heavy atom. The van der Waals surface area contributed by atoms with Crippen LogP contribution in [0.15, 0.2) is 140 Å². The Bertz CT molecular complexity index is 2430. The number of methoxy groups -OCH3 is 2. The highest BCUT2D eigenvalue weighted by atomic mass is 16.5. The summed E-state index contributed by atoms with van der Waals surface area (Å²) < 4.78 is 23.1. The summed E-state index contributed by atoms with van der Waals surface area (Å²) in [5.74, 6) is 0.830. The summed E-state index contributed by atoms with van der Waals surface area (Å²) in [5, 5.41) is 9.20. The number of benzene rings is 6. The number of carbonyl (C=O) groups is 3. The lowest BCUT2D eigenvalue weighted by atomic mass is 9.96. The first-order valence-electron chi connectivity index (χ1n) is 21.3. The maximum Gasteiger partial charge on any atom is 0.407 e. The molecular formula is C53H55N3O7. The van der Waals surface area contributed by atoms with Crippen LogP contribution in [0.25, 0.3) is 11.1 Å². The van der Waals surface area contributed by atoms with Gasteiger partial charge in [-0.15, -0.1) is 0 Å². The van der Waals surface area contributed by atoms with E-state index in [1.807, 2.05) is 119 Å². The monoisotopic (exact) mass is 845 g/mol. The summed E-state index contributed by atoms with van der Waals surface area (Å²) in [6, 6.07) is 43.1. The number of ether oxygens (including phenoxy) is 4. The van der Waals surface area contributed by atoms with Crippen molar-refractivity contribution in [1.29, 1.82) is 0 Å². The van der Waals surface area contributed by atoms with Crippen LogP contribution in [0.1, 0.15) is 82.8 Å². The van der Waals surface area contributed by atoms with Gasteiger partial charge in [0.2, 0.25) is 5.91 Å². The molecule has 10 heteroatoms. The number of carbonyl (C=O) groups excluding carboxylic acids is 3. The molecule has 3 N–H and O–H groups in total. The minimum atomic E-state index is -0.905. The van der Waals surface area contributed by atoms with E-state index in [1.54, 1.807) is 38.5 Å². The molecule has 0 aromatic heterocycles. The molecule has 2 atom stereocenters. The minimum absolute atomic E-state index is 0.0706. The normalized spacial score (nSPS) is 12.8. The van der Waals surface area contributed by atoms with Crippen molar-refractivity contribution in [3.8, 4) is 28.4 Å².